The van der Waals surface area contributed by atoms with Crippen LogP contribution >= 0.6 is 0 Å². The molecule has 120 valence electrons. The number of anilines is 3. The topological polar surface area (TPSA) is 63.2 Å². The van der Waals surface area contributed by atoms with Gasteiger partial charge in [0.25, 0.3) is 0 Å². The maximum absolute atomic E-state index is 11.7. The van der Waals surface area contributed by atoms with Crippen LogP contribution in [0.1, 0.15) is 26.7 Å². The van der Waals surface area contributed by atoms with E-state index in [1.807, 2.05) is 50.2 Å². The first-order valence-corrected chi connectivity index (χ1v) is 7.91. The lowest BCUT2D eigenvalue weighted by molar-refractivity contribution is -0.117. The summed E-state index contributed by atoms with van der Waals surface area (Å²) in [5, 5.41) is 6.10. The molecule has 2 aromatic rings. The molecule has 1 aliphatic rings. The Labute approximate surface area is 136 Å². The number of rotatable bonds is 6. The average molecular weight is 311 g/mol. The van der Waals surface area contributed by atoms with Crippen molar-refractivity contribution in [2.24, 2.45) is 5.92 Å². The van der Waals surface area contributed by atoms with Crippen LogP contribution in [0, 0.1) is 5.92 Å². The smallest absolute Gasteiger partial charge is 0.227 e. The predicted octanol–water partition coefficient (Wildman–Crippen LogP) is 3.96. The van der Waals surface area contributed by atoms with Gasteiger partial charge in [0.2, 0.25) is 5.91 Å². The van der Waals surface area contributed by atoms with E-state index < -0.39 is 0 Å². The van der Waals surface area contributed by atoms with Crippen LogP contribution in [0.25, 0.3) is 0 Å². The molecule has 0 radical (unpaired) electrons. The third-order valence-corrected chi connectivity index (χ3v) is 3.48. The van der Waals surface area contributed by atoms with Gasteiger partial charge in [-0.15, -0.1) is 0 Å². The van der Waals surface area contributed by atoms with Crippen molar-refractivity contribution in [2.75, 3.05) is 10.6 Å². The summed E-state index contributed by atoms with van der Waals surface area (Å²) in [5.74, 6) is 1.86. The molecule has 0 unspecified atom stereocenters. The summed E-state index contributed by atoms with van der Waals surface area (Å²) in [7, 11) is 0. The van der Waals surface area contributed by atoms with Gasteiger partial charge >= 0.3 is 0 Å². The van der Waals surface area contributed by atoms with E-state index in [1.54, 1.807) is 6.20 Å². The Kier molecular flexibility index (Phi) is 4.46. The number of nitrogens with one attached hydrogen (secondary N) is 2. The van der Waals surface area contributed by atoms with Crippen molar-refractivity contribution in [2.45, 2.75) is 32.8 Å². The summed E-state index contributed by atoms with van der Waals surface area (Å²) in [4.78, 5) is 16.0. The molecule has 0 bridgehead atoms. The number of carbonyl (C=O) groups is 1. The lowest BCUT2D eigenvalue weighted by Crippen LogP contribution is -2.13. The van der Waals surface area contributed by atoms with Crippen LogP contribution in [0.5, 0.6) is 5.75 Å². The summed E-state index contributed by atoms with van der Waals surface area (Å²) < 4.78 is 5.61. The Balaban J connectivity index is 1.58. The highest BCUT2D eigenvalue weighted by molar-refractivity contribution is 5.93. The zero-order chi connectivity index (χ0) is 16.2. The SMILES string of the molecule is CC(C)Oc1ccc(Nc2ccc(NC(=O)C3CC3)cn2)cc1. The molecule has 5 nitrogen and oxygen atoms in total. The van der Waals surface area contributed by atoms with Crippen molar-refractivity contribution in [3.8, 4) is 5.75 Å². The second-order valence-electron chi connectivity index (χ2n) is 6.01. The van der Waals surface area contributed by atoms with E-state index in [1.165, 1.54) is 0 Å². The third kappa shape index (κ3) is 4.45. The molecule has 1 heterocycles. The van der Waals surface area contributed by atoms with Crippen LogP contribution in [-0.4, -0.2) is 17.0 Å². The highest BCUT2D eigenvalue weighted by Gasteiger charge is 2.29. The molecule has 3 rings (SSSR count). The fraction of sp³-hybridized carbons (Fsp3) is 0.333. The van der Waals surface area contributed by atoms with Gasteiger partial charge in [0.1, 0.15) is 11.6 Å². The molecule has 1 amide bonds. The molecule has 1 aromatic carbocycles. The Morgan fingerprint density at radius 2 is 1.83 bits per heavy atom. The first kappa shape index (κ1) is 15.3. The summed E-state index contributed by atoms with van der Waals surface area (Å²) in [6, 6.07) is 11.4. The molecule has 1 fully saturated rings. The third-order valence-electron chi connectivity index (χ3n) is 3.48. The zero-order valence-corrected chi connectivity index (χ0v) is 13.4. The van der Waals surface area contributed by atoms with Crippen molar-refractivity contribution in [1.82, 2.24) is 4.98 Å². The van der Waals surface area contributed by atoms with Gasteiger partial charge in [-0.1, -0.05) is 0 Å². The van der Waals surface area contributed by atoms with E-state index in [4.69, 9.17) is 4.74 Å². The van der Waals surface area contributed by atoms with Gasteiger partial charge in [-0.2, -0.15) is 0 Å². The first-order chi connectivity index (χ1) is 11.1. The van der Waals surface area contributed by atoms with Gasteiger partial charge in [-0.25, -0.2) is 4.98 Å². The number of carbonyl (C=O) groups excluding carboxylic acids is 1. The van der Waals surface area contributed by atoms with Crippen LogP contribution in [0.4, 0.5) is 17.2 Å². The van der Waals surface area contributed by atoms with Gasteiger partial charge in [-0.3, -0.25) is 4.79 Å². The first-order valence-electron chi connectivity index (χ1n) is 7.91. The molecule has 1 saturated carbocycles. The summed E-state index contributed by atoms with van der Waals surface area (Å²) >= 11 is 0. The van der Waals surface area contributed by atoms with Crippen molar-refractivity contribution in [3.05, 3.63) is 42.6 Å². The monoisotopic (exact) mass is 311 g/mol. The zero-order valence-electron chi connectivity index (χ0n) is 13.4. The summed E-state index contributed by atoms with van der Waals surface area (Å²) in [5.41, 5.74) is 1.66. The van der Waals surface area contributed by atoms with Crippen molar-refractivity contribution < 1.29 is 9.53 Å². The van der Waals surface area contributed by atoms with Crippen molar-refractivity contribution in [1.29, 1.82) is 0 Å². The second kappa shape index (κ2) is 6.69. The van der Waals surface area contributed by atoms with Crippen LogP contribution in [0.2, 0.25) is 0 Å². The Morgan fingerprint density at radius 3 is 2.39 bits per heavy atom. The number of amides is 1. The molecule has 0 spiro atoms. The minimum atomic E-state index is 0.0910. The molecule has 1 aliphatic carbocycles. The molecule has 0 atom stereocenters. The normalized spacial score (nSPS) is 13.7. The quantitative estimate of drug-likeness (QED) is 0.847. The van der Waals surface area contributed by atoms with Crippen LogP contribution < -0.4 is 15.4 Å². The maximum atomic E-state index is 11.7. The number of hydrogen-bond donors (Lipinski definition) is 2. The number of nitrogens with zero attached hydrogens (tertiary/aromatic N) is 1. The van der Waals surface area contributed by atoms with Gasteiger partial charge in [-0.05, 0) is 63.1 Å². The van der Waals surface area contributed by atoms with E-state index in [2.05, 4.69) is 15.6 Å². The Hall–Kier alpha value is -2.56. The van der Waals surface area contributed by atoms with Gasteiger partial charge in [0, 0.05) is 11.6 Å². The van der Waals surface area contributed by atoms with Crippen LogP contribution in [0.3, 0.4) is 0 Å². The van der Waals surface area contributed by atoms with E-state index >= 15 is 0 Å². The minimum Gasteiger partial charge on any atom is -0.491 e. The highest BCUT2D eigenvalue weighted by atomic mass is 16.5. The molecule has 23 heavy (non-hydrogen) atoms. The molecule has 0 aliphatic heterocycles. The summed E-state index contributed by atoms with van der Waals surface area (Å²) in [6.45, 7) is 4.00. The number of pyridine rings is 1. The number of hydrogen-bond acceptors (Lipinski definition) is 4. The minimum absolute atomic E-state index is 0.0910. The number of benzene rings is 1. The highest BCUT2D eigenvalue weighted by Crippen LogP contribution is 2.30. The van der Waals surface area contributed by atoms with Gasteiger partial charge in [0.15, 0.2) is 0 Å². The average Bonchev–Trinajstić information content (AvgIpc) is 3.35. The van der Waals surface area contributed by atoms with E-state index in [0.717, 1.165) is 35.8 Å². The fourth-order valence-corrected chi connectivity index (χ4v) is 2.17. The van der Waals surface area contributed by atoms with E-state index in [9.17, 15) is 4.79 Å². The predicted molar refractivity (Wildman–Crippen MR) is 91.1 cm³/mol. The largest absolute Gasteiger partial charge is 0.491 e. The van der Waals surface area contributed by atoms with Crippen molar-refractivity contribution >= 4 is 23.1 Å². The van der Waals surface area contributed by atoms with E-state index in [-0.39, 0.29) is 17.9 Å². The van der Waals surface area contributed by atoms with Gasteiger partial charge < -0.3 is 15.4 Å². The Bertz CT molecular complexity index is 662. The number of aromatic nitrogens is 1. The lowest BCUT2D eigenvalue weighted by Gasteiger charge is -2.11. The summed E-state index contributed by atoms with van der Waals surface area (Å²) in [6.07, 6.45) is 3.82. The Morgan fingerprint density at radius 1 is 1.13 bits per heavy atom. The molecule has 5 heteroatoms. The fourth-order valence-electron chi connectivity index (χ4n) is 2.17. The standard InChI is InChI=1S/C18H21N3O2/c1-12(2)23-16-8-5-14(6-9-16)20-17-10-7-15(11-19-17)21-18(22)13-3-4-13/h5-13H,3-4H2,1-2H3,(H,19,20)(H,21,22). The second-order valence-corrected chi connectivity index (χ2v) is 6.01. The molecule has 1 aromatic heterocycles. The maximum Gasteiger partial charge on any atom is 0.227 e. The van der Waals surface area contributed by atoms with Crippen molar-refractivity contribution in [3.63, 3.8) is 0 Å². The van der Waals surface area contributed by atoms with Crippen LogP contribution in [0.15, 0.2) is 42.6 Å². The van der Waals surface area contributed by atoms with E-state index in [0.29, 0.717) is 0 Å². The molecular formula is C18H21N3O2. The number of ether oxygens (including phenoxy) is 1. The molecular weight excluding hydrogens is 290 g/mol. The van der Waals surface area contributed by atoms with Gasteiger partial charge in [0.05, 0.1) is 18.0 Å². The lowest BCUT2D eigenvalue weighted by atomic mass is 10.3. The molecule has 2 N–H and O–H groups in total. The molecule has 0 saturated heterocycles. The van der Waals surface area contributed by atoms with Crippen LogP contribution in [-0.2, 0) is 4.79 Å².